The van der Waals surface area contributed by atoms with Crippen LogP contribution in [0.25, 0.3) is 0 Å². The molecule has 0 fully saturated rings. The van der Waals surface area contributed by atoms with E-state index in [4.69, 9.17) is 38.4 Å². The van der Waals surface area contributed by atoms with Crippen LogP contribution in [0.5, 0.6) is 17.2 Å². The molecule has 2 rings (SSSR count). The molecule has 128 valence electrons. The molecule has 0 radical (unpaired) electrons. The average Bonchev–Trinajstić information content (AvgIpc) is 2.56. The van der Waals surface area contributed by atoms with Crippen molar-refractivity contribution in [3.05, 3.63) is 51.5 Å². The summed E-state index contributed by atoms with van der Waals surface area (Å²) in [6.45, 7) is 2.21. The van der Waals surface area contributed by atoms with Crippen LogP contribution in [0.4, 0.5) is 0 Å². The lowest BCUT2D eigenvalue weighted by molar-refractivity contribution is -0.142. The van der Waals surface area contributed by atoms with Gasteiger partial charge in [0.05, 0.1) is 18.1 Å². The number of halogens is 2. The molecule has 0 aliphatic carbocycles. The van der Waals surface area contributed by atoms with Gasteiger partial charge < -0.3 is 20.3 Å². The van der Waals surface area contributed by atoms with Gasteiger partial charge in [-0.25, -0.2) is 0 Å². The Balaban J connectivity index is 2.23. The SMILES string of the molecule is CCOC(=O)Cc1ccc(Oc2ccc(O)c(CN)c2)c(Cl)c1Cl. The molecule has 0 aliphatic heterocycles. The van der Waals surface area contributed by atoms with E-state index >= 15 is 0 Å². The number of rotatable bonds is 6. The fourth-order valence-corrected chi connectivity index (χ4v) is 2.52. The molecule has 7 heteroatoms. The molecule has 0 unspecified atom stereocenters. The quantitative estimate of drug-likeness (QED) is 0.750. The topological polar surface area (TPSA) is 81.8 Å². The number of aromatic hydroxyl groups is 1. The third kappa shape index (κ3) is 4.32. The van der Waals surface area contributed by atoms with E-state index in [2.05, 4.69) is 0 Å². The maximum atomic E-state index is 11.6. The molecule has 0 aliphatic rings. The third-order valence-corrected chi connectivity index (χ3v) is 4.17. The van der Waals surface area contributed by atoms with Crippen LogP contribution < -0.4 is 10.5 Å². The van der Waals surface area contributed by atoms with Crippen molar-refractivity contribution in [2.45, 2.75) is 19.9 Å². The van der Waals surface area contributed by atoms with Gasteiger partial charge in [0.2, 0.25) is 0 Å². The fourth-order valence-electron chi connectivity index (χ4n) is 2.07. The molecule has 0 aromatic heterocycles. The summed E-state index contributed by atoms with van der Waals surface area (Å²) < 4.78 is 10.6. The molecular formula is C17H17Cl2NO4. The molecule has 24 heavy (non-hydrogen) atoms. The van der Waals surface area contributed by atoms with Crippen molar-refractivity contribution in [1.82, 2.24) is 0 Å². The summed E-state index contributed by atoms with van der Waals surface area (Å²) in [7, 11) is 0. The highest BCUT2D eigenvalue weighted by atomic mass is 35.5. The Morgan fingerprint density at radius 1 is 1.17 bits per heavy atom. The summed E-state index contributed by atoms with van der Waals surface area (Å²) in [6.07, 6.45) is 0.0310. The Morgan fingerprint density at radius 3 is 2.58 bits per heavy atom. The Labute approximate surface area is 149 Å². The number of hydrogen-bond acceptors (Lipinski definition) is 5. The number of carbonyl (C=O) groups is 1. The number of ether oxygens (including phenoxy) is 2. The van der Waals surface area contributed by atoms with Gasteiger partial charge in [-0.3, -0.25) is 4.79 Å². The number of benzene rings is 2. The molecule has 2 aromatic rings. The maximum Gasteiger partial charge on any atom is 0.310 e. The second kappa shape index (κ2) is 8.24. The Kier molecular flexibility index (Phi) is 6.31. The largest absolute Gasteiger partial charge is 0.508 e. The van der Waals surface area contributed by atoms with E-state index in [9.17, 15) is 9.90 Å². The number of esters is 1. The lowest BCUT2D eigenvalue weighted by Crippen LogP contribution is -2.08. The standard InChI is InChI=1S/C17H17Cl2NO4/c1-2-23-15(22)8-10-3-6-14(17(19)16(10)18)24-12-4-5-13(21)11(7-12)9-20/h3-7,21H,2,8-9,20H2,1H3. The lowest BCUT2D eigenvalue weighted by Gasteiger charge is -2.12. The van der Waals surface area contributed by atoms with E-state index in [1.165, 1.54) is 6.07 Å². The van der Waals surface area contributed by atoms with Crippen molar-refractivity contribution in [2.24, 2.45) is 5.73 Å². The highest BCUT2D eigenvalue weighted by molar-refractivity contribution is 6.43. The van der Waals surface area contributed by atoms with E-state index in [1.54, 1.807) is 31.2 Å². The summed E-state index contributed by atoms with van der Waals surface area (Å²) in [5.41, 5.74) is 6.66. The molecule has 0 bridgehead atoms. The summed E-state index contributed by atoms with van der Waals surface area (Å²) in [6, 6.07) is 7.97. The molecular weight excluding hydrogens is 353 g/mol. The van der Waals surface area contributed by atoms with Crippen LogP contribution in [0, 0.1) is 0 Å². The molecule has 0 spiro atoms. The zero-order chi connectivity index (χ0) is 17.7. The monoisotopic (exact) mass is 369 g/mol. The van der Waals surface area contributed by atoms with Crippen molar-refractivity contribution in [3.63, 3.8) is 0 Å². The Bertz CT molecular complexity index is 750. The minimum absolute atomic E-state index is 0.0310. The Hall–Kier alpha value is -1.95. The summed E-state index contributed by atoms with van der Waals surface area (Å²) >= 11 is 12.4. The number of nitrogens with two attached hydrogens (primary N) is 1. The summed E-state index contributed by atoms with van der Waals surface area (Å²) in [5.74, 6) is 0.515. The molecule has 2 aromatic carbocycles. The van der Waals surface area contributed by atoms with Gasteiger partial charge in [0.25, 0.3) is 0 Å². The van der Waals surface area contributed by atoms with Crippen LogP contribution in [0.1, 0.15) is 18.1 Å². The molecule has 0 atom stereocenters. The number of phenolic OH excluding ortho intramolecular Hbond substituents is 1. The second-order valence-corrected chi connectivity index (χ2v) is 5.69. The second-order valence-electron chi connectivity index (χ2n) is 4.93. The van der Waals surface area contributed by atoms with E-state index in [-0.39, 0.29) is 34.7 Å². The fraction of sp³-hybridized carbons (Fsp3) is 0.235. The highest BCUT2D eigenvalue weighted by Crippen LogP contribution is 2.38. The van der Waals surface area contributed by atoms with Crippen LogP contribution in [0.3, 0.4) is 0 Å². The first-order valence-corrected chi connectivity index (χ1v) is 8.04. The third-order valence-electron chi connectivity index (χ3n) is 3.27. The average molecular weight is 370 g/mol. The van der Waals surface area contributed by atoms with Gasteiger partial charge in [-0.1, -0.05) is 29.3 Å². The maximum absolute atomic E-state index is 11.6. The van der Waals surface area contributed by atoms with Crippen molar-refractivity contribution >= 4 is 29.2 Å². The van der Waals surface area contributed by atoms with Gasteiger partial charge in [-0.2, -0.15) is 0 Å². The lowest BCUT2D eigenvalue weighted by atomic mass is 10.1. The van der Waals surface area contributed by atoms with Gasteiger partial charge in [0, 0.05) is 12.1 Å². The normalized spacial score (nSPS) is 10.5. The predicted molar refractivity (Wildman–Crippen MR) is 92.9 cm³/mol. The highest BCUT2D eigenvalue weighted by Gasteiger charge is 2.15. The minimum atomic E-state index is -0.379. The molecule has 0 saturated heterocycles. The van der Waals surface area contributed by atoms with Crippen molar-refractivity contribution in [1.29, 1.82) is 0 Å². The number of phenols is 1. The van der Waals surface area contributed by atoms with Crippen LogP contribution in [-0.2, 0) is 22.5 Å². The van der Waals surface area contributed by atoms with Gasteiger partial charge in [-0.15, -0.1) is 0 Å². The molecule has 0 amide bonds. The van der Waals surface area contributed by atoms with Crippen molar-refractivity contribution < 1.29 is 19.4 Å². The molecule has 0 heterocycles. The number of carbonyl (C=O) groups excluding carboxylic acids is 1. The Morgan fingerprint density at radius 2 is 1.92 bits per heavy atom. The van der Waals surface area contributed by atoms with E-state index in [0.717, 1.165) is 0 Å². The molecule has 5 nitrogen and oxygen atoms in total. The van der Waals surface area contributed by atoms with Crippen LogP contribution >= 0.6 is 23.2 Å². The van der Waals surface area contributed by atoms with E-state index in [1.807, 2.05) is 0 Å². The summed E-state index contributed by atoms with van der Waals surface area (Å²) in [5, 5.41) is 10.1. The van der Waals surface area contributed by atoms with Crippen molar-refractivity contribution in [2.75, 3.05) is 6.61 Å². The first kappa shape index (κ1) is 18.4. The first-order chi connectivity index (χ1) is 11.5. The van der Waals surface area contributed by atoms with Gasteiger partial charge in [0.15, 0.2) is 0 Å². The van der Waals surface area contributed by atoms with E-state index in [0.29, 0.717) is 29.2 Å². The minimum Gasteiger partial charge on any atom is -0.508 e. The molecule has 3 N–H and O–H groups in total. The zero-order valence-electron chi connectivity index (χ0n) is 13.0. The van der Waals surface area contributed by atoms with Crippen LogP contribution in [0.15, 0.2) is 30.3 Å². The van der Waals surface area contributed by atoms with Gasteiger partial charge in [-0.05, 0) is 36.8 Å². The predicted octanol–water partition coefficient (Wildman–Crippen LogP) is 4.06. The van der Waals surface area contributed by atoms with Gasteiger partial charge >= 0.3 is 5.97 Å². The van der Waals surface area contributed by atoms with Crippen LogP contribution in [-0.4, -0.2) is 17.7 Å². The van der Waals surface area contributed by atoms with E-state index < -0.39 is 0 Å². The smallest absolute Gasteiger partial charge is 0.310 e. The zero-order valence-corrected chi connectivity index (χ0v) is 14.5. The van der Waals surface area contributed by atoms with Crippen molar-refractivity contribution in [3.8, 4) is 17.2 Å². The molecule has 0 saturated carbocycles. The van der Waals surface area contributed by atoms with Crippen LogP contribution in [0.2, 0.25) is 10.0 Å². The first-order valence-electron chi connectivity index (χ1n) is 7.28. The van der Waals surface area contributed by atoms with Gasteiger partial charge in [0.1, 0.15) is 22.3 Å². The number of hydrogen-bond donors (Lipinski definition) is 2. The summed E-state index contributed by atoms with van der Waals surface area (Å²) in [4.78, 5) is 11.6.